The summed E-state index contributed by atoms with van der Waals surface area (Å²) in [5, 5.41) is 0. The van der Waals surface area contributed by atoms with E-state index in [2.05, 4.69) is 66.4 Å². The maximum absolute atomic E-state index is 5.93. The fraction of sp³-hybridized carbons (Fsp3) is 0.467. The minimum atomic E-state index is 0.0379. The maximum atomic E-state index is 5.93. The first-order valence-electron chi connectivity index (χ1n) is 6.21. The van der Waals surface area contributed by atoms with Crippen molar-refractivity contribution in [1.29, 1.82) is 0 Å². The van der Waals surface area contributed by atoms with E-state index in [1.165, 1.54) is 5.69 Å². The van der Waals surface area contributed by atoms with Crippen molar-refractivity contribution in [2.45, 2.75) is 39.3 Å². The van der Waals surface area contributed by atoms with Crippen LogP contribution in [-0.2, 0) is 0 Å². The van der Waals surface area contributed by atoms with Gasteiger partial charge in [0.2, 0.25) is 0 Å². The molecule has 1 aromatic rings. The lowest BCUT2D eigenvalue weighted by atomic mass is 10.0. The van der Waals surface area contributed by atoms with Crippen molar-refractivity contribution in [2.24, 2.45) is 5.73 Å². The number of nitrogens with zero attached hydrogens (tertiary/aromatic N) is 1. The fourth-order valence-electron chi connectivity index (χ4n) is 1.95. The van der Waals surface area contributed by atoms with Gasteiger partial charge in [-0.15, -0.1) is 6.58 Å². The molecule has 0 radical (unpaired) electrons. The van der Waals surface area contributed by atoms with Gasteiger partial charge in [-0.2, -0.15) is 0 Å². The van der Waals surface area contributed by atoms with Gasteiger partial charge in [0.1, 0.15) is 0 Å². The van der Waals surface area contributed by atoms with Gasteiger partial charge in [0.15, 0.2) is 0 Å². The molecule has 0 heterocycles. The van der Waals surface area contributed by atoms with E-state index in [0.29, 0.717) is 0 Å². The highest BCUT2D eigenvalue weighted by molar-refractivity contribution is 9.10. The minimum Gasteiger partial charge on any atom is -0.363 e. The Kier molecular flexibility index (Phi) is 5.00. The van der Waals surface area contributed by atoms with Gasteiger partial charge in [0.05, 0.1) is 0 Å². The van der Waals surface area contributed by atoms with Crippen LogP contribution in [-0.4, -0.2) is 12.1 Å². The van der Waals surface area contributed by atoms with Gasteiger partial charge in [-0.3, -0.25) is 0 Å². The zero-order chi connectivity index (χ0) is 13.9. The van der Waals surface area contributed by atoms with E-state index in [0.717, 1.165) is 16.6 Å². The Balaban J connectivity index is 3.15. The van der Waals surface area contributed by atoms with Crippen LogP contribution < -0.4 is 10.6 Å². The normalized spacial score (nSPS) is 13.2. The van der Waals surface area contributed by atoms with Crippen molar-refractivity contribution in [3.63, 3.8) is 0 Å². The number of halogens is 1. The lowest BCUT2D eigenvalue weighted by Crippen LogP contribution is -2.41. The molecule has 0 aliphatic carbocycles. The Morgan fingerprint density at radius 3 is 2.44 bits per heavy atom. The Morgan fingerprint density at radius 1 is 1.44 bits per heavy atom. The number of rotatable bonds is 4. The summed E-state index contributed by atoms with van der Waals surface area (Å²) >= 11 is 3.60. The first kappa shape index (κ1) is 15.3. The molecule has 0 unspecified atom stereocenters. The topological polar surface area (TPSA) is 29.3 Å². The predicted molar refractivity (Wildman–Crippen MR) is 84.0 cm³/mol. The van der Waals surface area contributed by atoms with Gasteiger partial charge in [0, 0.05) is 28.3 Å². The van der Waals surface area contributed by atoms with E-state index in [9.17, 15) is 0 Å². The second kappa shape index (κ2) is 5.89. The number of anilines is 1. The summed E-state index contributed by atoms with van der Waals surface area (Å²) in [5.74, 6) is 0. The number of hydrogen-bond donors (Lipinski definition) is 1. The van der Waals surface area contributed by atoms with Gasteiger partial charge in [-0.25, -0.2) is 0 Å². The minimum absolute atomic E-state index is 0.0379. The second-order valence-corrected chi connectivity index (χ2v) is 6.42. The van der Waals surface area contributed by atoms with Gasteiger partial charge < -0.3 is 10.6 Å². The Bertz CT molecular complexity index is 419. The summed E-state index contributed by atoms with van der Waals surface area (Å²) in [7, 11) is 0. The number of nitrogens with two attached hydrogens (primary N) is 1. The largest absolute Gasteiger partial charge is 0.363 e. The third kappa shape index (κ3) is 3.59. The Hall–Kier alpha value is -0.800. The van der Waals surface area contributed by atoms with Crippen molar-refractivity contribution in [1.82, 2.24) is 0 Å². The lowest BCUT2D eigenvalue weighted by Gasteiger charge is -2.37. The van der Waals surface area contributed by atoms with E-state index in [1.54, 1.807) is 0 Å². The van der Waals surface area contributed by atoms with Crippen LogP contribution in [0.25, 0.3) is 0 Å². The molecule has 2 nitrogen and oxygen atoms in total. The molecule has 0 bridgehead atoms. The van der Waals surface area contributed by atoms with Gasteiger partial charge in [-0.05, 0) is 45.4 Å². The van der Waals surface area contributed by atoms with E-state index in [-0.39, 0.29) is 11.6 Å². The molecule has 0 aliphatic heterocycles. The molecule has 100 valence electrons. The first-order chi connectivity index (χ1) is 8.27. The van der Waals surface area contributed by atoms with E-state index in [1.807, 2.05) is 13.0 Å². The van der Waals surface area contributed by atoms with Crippen LogP contribution in [0.3, 0.4) is 0 Å². The average Bonchev–Trinajstić information content (AvgIpc) is 2.23. The van der Waals surface area contributed by atoms with Crippen LogP contribution in [0.2, 0.25) is 0 Å². The van der Waals surface area contributed by atoms with Gasteiger partial charge in [-0.1, -0.05) is 28.1 Å². The Morgan fingerprint density at radius 2 is 2.06 bits per heavy atom. The van der Waals surface area contributed by atoms with Gasteiger partial charge >= 0.3 is 0 Å². The standard InChI is InChI=1S/C15H23BrN2/c1-6-9-18(15(3,4)5)12-7-8-13(11(2)17)14(16)10-12/h6-8,10-11H,1,9,17H2,2-5H3/t11-/m0/s1. The molecule has 18 heavy (non-hydrogen) atoms. The molecule has 3 heteroatoms. The molecule has 0 aliphatic rings. The van der Waals surface area contributed by atoms with Crippen LogP contribution in [0.15, 0.2) is 35.3 Å². The second-order valence-electron chi connectivity index (χ2n) is 5.56. The monoisotopic (exact) mass is 310 g/mol. The molecule has 2 N–H and O–H groups in total. The number of benzene rings is 1. The van der Waals surface area contributed by atoms with E-state index >= 15 is 0 Å². The van der Waals surface area contributed by atoms with Crippen LogP contribution in [0.5, 0.6) is 0 Å². The molecule has 1 rings (SSSR count). The van der Waals surface area contributed by atoms with Crippen LogP contribution in [0, 0.1) is 0 Å². The third-order valence-electron chi connectivity index (χ3n) is 2.91. The Labute approximate surface area is 119 Å². The zero-order valence-electron chi connectivity index (χ0n) is 11.7. The SMILES string of the molecule is C=CCN(c1ccc([C@H](C)N)c(Br)c1)C(C)(C)C. The van der Waals surface area contributed by atoms with E-state index in [4.69, 9.17) is 5.73 Å². The lowest BCUT2D eigenvalue weighted by molar-refractivity contribution is 0.522. The molecular formula is C15H23BrN2. The maximum Gasteiger partial charge on any atom is 0.0384 e. The van der Waals surface area contributed by atoms with Crippen molar-refractivity contribution in [2.75, 3.05) is 11.4 Å². The van der Waals surface area contributed by atoms with Crippen LogP contribution >= 0.6 is 15.9 Å². The molecule has 0 saturated carbocycles. The van der Waals surface area contributed by atoms with E-state index < -0.39 is 0 Å². The van der Waals surface area contributed by atoms with Gasteiger partial charge in [0.25, 0.3) is 0 Å². The summed E-state index contributed by atoms with van der Waals surface area (Å²) in [4.78, 5) is 2.32. The highest BCUT2D eigenvalue weighted by Gasteiger charge is 2.21. The smallest absolute Gasteiger partial charge is 0.0384 e. The van der Waals surface area contributed by atoms with Crippen LogP contribution in [0.4, 0.5) is 5.69 Å². The van der Waals surface area contributed by atoms with Crippen LogP contribution in [0.1, 0.15) is 39.3 Å². The van der Waals surface area contributed by atoms with Crippen molar-refractivity contribution in [3.05, 3.63) is 40.9 Å². The molecular weight excluding hydrogens is 288 g/mol. The molecule has 0 amide bonds. The predicted octanol–water partition coefficient (Wildman–Crippen LogP) is 4.26. The summed E-state index contributed by atoms with van der Waals surface area (Å²) in [6.45, 7) is 13.2. The third-order valence-corrected chi connectivity index (χ3v) is 3.59. The summed E-state index contributed by atoms with van der Waals surface area (Å²) in [6, 6.07) is 6.38. The molecule has 0 aromatic heterocycles. The summed E-state index contributed by atoms with van der Waals surface area (Å²) in [5.41, 5.74) is 8.29. The summed E-state index contributed by atoms with van der Waals surface area (Å²) in [6.07, 6.45) is 1.93. The fourth-order valence-corrected chi connectivity index (χ4v) is 2.68. The first-order valence-corrected chi connectivity index (χ1v) is 7.00. The molecule has 1 aromatic carbocycles. The van der Waals surface area contributed by atoms with Crippen molar-refractivity contribution < 1.29 is 0 Å². The summed E-state index contributed by atoms with van der Waals surface area (Å²) < 4.78 is 1.06. The van der Waals surface area contributed by atoms with Crippen molar-refractivity contribution in [3.8, 4) is 0 Å². The quantitative estimate of drug-likeness (QED) is 0.842. The zero-order valence-corrected chi connectivity index (χ0v) is 13.3. The van der Waals surface area contributed by atoms with Crippen molar-refractivity contribution >= 4 is 21.6 Å². The molecule has 0 saturated heterocycles. The number of hydrogen-bond acceptors (Lipinski definition) is 2. The molecule has 0 spiro atoms. The molecule has 0 fully saturated rings. The highest BCUT2D eigenvalue weighted by Crippen LogP contribution is 2.30. The highest BCUT2D eigenvalue weighted by atomic mass is 79.9. The average molecular weight is 311 g/mol. The molecule has 1 atom stereocenters.